The van der Waals surface area contributed by atoms with E-state index in [0.29, 0.717) is 12.1 Å². The number of aryl methyl sites for hydroxylation is 2. The first-order chi connectivity index (χ1) is 9.85. The van der Waals surface area contributed by atoms with Crippen molar-refractivity contribution in [2.24, 2.45) is 0 Å². The lowest BCUT2D eigenvalue weighted by Crippen LogP contribution is -2.44. The summed E-state index contributed by atoms with van der Waals surface area (Å²) in [6.45, 7) is 7.19. The van der Waals surface area contributed by atoms with E-state index in [9.17, 15) is 14.4 Å². The molecule has 21 heavy (non-hydrogen) atoms. The Morgan fingerprint density at radius 1 is 1.24 bits per heavy atom. The van der Waals surface area contributed by atoms with Crippen LogP contribution in [0.5, 0.6) is 0 Å². The molecule has 0 aliphatic rings. The van der Waals surface area contributed by atoms with Crippen LogP contribution in [0.15, 0.2) is 18.2 Å². The van der Waals surface area contributed by atoms with Crippen LogP contribution in [-0.2, 0) is 9.53 Å². The third-order valence-electron chi connectivity index (χ3n) is 2.84. The van der Waals surface area contributed by atoms with Gasteiger partial charge in [0, 0.05) is 6.54 Å². The van der Waals surface area contributed by atoms with E-state index in [1.54, 1.807) is 19.9 Å². The second kappa shape index (κ2) is 7.42. The standard InChI is InChI=1S/C15H20N2O4/c1-5-16-15(20)17-13(18)11(4)21-14(19)12-8-9(2)6-7-10(12)3/h6-8,11H,5H2,1-4H3,(H2,16,17,18,20)/t11-/m0/s1. The number of nitrogens with one attached hydrogen (secondary N) is 2. The Balaban J connectivity index is 2.67. The van der Waals surface area contributed by atoms with E-state index in [0.717, 1.165) is 11.1 Å². The second-order valence-corrected chi connectivity index (χ2v) is 4.71. The predicted octanol–water partition coefficient (Wildman–Crippen LogP) is 1.69. The molecule has 114 valence electrons. The molecule has 1 aromatic carbocycles. The van der Waals surface area contributed by atoms with Crippen LogP contribution in [0.4, 0.5) is 4.79 Å². The fraction of sp³-hybridized carbons (Fsp3) is 0.400. The SMILES string of the molecule is CCNC(=O)NC(=O)[C@H](C)OC(=O)c1cc(C)ccc1C. The van der Waals surface area contributed by atoms with E-state index in [-0.39, 0.29) is 0 Å². The monoisotopic (exact) mass is 292 g/mol. The number of esters is 1. The maximum Gasteiger partial charge on any atom is 0.339 e. The molecule has 2 N–H and O–H groups in total. The van der Waals surface area contributed by atoms with Crippen molar-refractivity contribution in [1.82, 2.24) is 10.6 Å². The number of imide groups is 1. The lowest BCUT2D eigenvalue weighted by atomic mass is 10.1. The molecule has 6 nitrogen and oxygen atoms in total. The summed E-state index contributed by atoms with van der Waals surface area (Å²) in [4.78, 5) is 35.0. The molecule has 1 atom stereocenters. The molecule has 0 radical (unpaired) electrons. The van der Waals surface area contributed by atoms with E-state index >= 15 is 0 Å². The largest absolute Gasteiger partial charge is 0.449 e. The van der Waals surface area contributed by atoms with Crippen LogP contribution in [0.3, 0.4) is 0 Å². The van der Waals surface area contributed by atoms with Crippen LogP contribution in [-0.4, -0.2) is 30.6 Å². The maximum atomic E-state index is 12.0. The Bertz CT molecular complexity index is 555. The molecule has 0 bridgehead atoms. The van der Waals surface area contributed by atoms with Gasteiger partial charge >= 0.3 is 12.0 Å². The van der Waals surface area contributed by atoms with Gasteiger partial charge in [0.1, 0.15) is 0 Å². The molecular formula is C15H20N2O4. The number of hydrogen-bond acceptors (Lipinski definition) is 4. The Morgan fingerprint density at radius 3 is 2.52 bits per heavy atom. The molecule has 0 unspecified atom stereocenters. The van der Waals surface area contributed by atoms with Gasteiger partial charge in [-0.05, 0) is 39.3 Å². The van der Waals surface area contributed by atoms with Gasteiger partial charge in [-0.3, -0.25) is 10.1 Å². The van der Waals surface area contributed by atoms with Gasteiger partial charge in [-0.15, -0.1) is 0 Å². The van der Waals surface area contributed by atoms with Gasteiger partial charge in [0.2, 0.25) is 0 Å². The Morgan fingerprint density at radius 2 is 1.90 bits per heavy atom. The Labute approximate surface area is 123 Å². The second-order valence-electron chi connectivity index (χ2n) is 4.71. The highest BCUT2D eigenvalue weighted by Gasteiger charge is 2.21. The van der Waals surface area contributed by atoms with Crippen LogP contribution in [0, 0.1) is 13.8 Å². The van der Waals surface area contributed by atoms with E-state index in [1.165, 1.54) is 6.92 Å². The smallest absolute Gasteiger partial charge is 0.339 e. The summed E-state index contributed by atoms with van der Waals surface area (Å²) in [5, 5.41) is 4.52. The maximum absolute atomic E-state index is 12.0. The van der Waals surface area contributed by atoms with Crippen molar-refractivity contribution in [3.05, 3.63) is 34.9 Å². The van der Waals surface area contributed by atoms with Gasteiger partial charge in [-0.25, -0.2) is 9.59 Å². The fourth-order valence-corrected chi connectivity index (χ4v) is 1.65. The molecule has 0 aromatic heterocycles. The zero-order valence-electron chi connectivity index (χ0n) is 12.6. The summed E-state index contributed by atoms with van der Waals surface area (Å²) >= 11 is 0. The van der Waals surface area contributed by atoms with E-state index in [4.69, 9.17) is 4.74 Å². The first kappa shape index (κ1) is 16.7. The molecule has 1 aromatic rings. The summed E-state index contributed by atoms with van der Waals surface area (Å²) in [6.07, 6.45) is -1.06. The fourth-order valence-electron chi connectivity index (χ4n) is 1.65. The highest BCUT2D eigenvalue weighted by molar-refractivity contribution is 5.98. The first-order valence-corrected chi connectivity index (χ1v) is 6.72. The van der Waals surface area contributed by atoms with Gasteiger partial charge in [0.15, 0.2) is 6.10 Å². The molecule has 0 saturated carbocycles. The van der Waals surface area contributed by atoms with Crippen molar-refractivity contribution in [3.63, 3.8) is 0 Å². The Kier molecular flexibility index (Phi) is 5.90. The number of benzene rings is 1. The van der Waals surface area contributed by atoms with E-state index < -0.39 is 24.0 Å². The minimum atomic E-state index is -1.06. The van der Waals surface area contributed by atoms with Crippen LogP contribution >= 0.6 is 0 Å². The summed E-state index contributed by atoms with van der Waals surface area (Å²) in [6, 6.07) is 4.78. The summed E-state index contributed by atoms with van der Waals surface area (Å²) in [7, 11) is 0. The van der Waals surface area contributed by atoms with Crippen molar-refractivity contribution >= 4 is 17.9 Å². The minimum Gasteiger partial charge on any atom is -0.449 e. The lowest BCUT2D eigenvalue weighted by molar-refractivity contribution is -0.127. The van der Waals surface area contributed by atoms with Crippen molar-refractivity contribution in [2.45, 2.75) is 33.8 Å². The molecule has 0 saturated heterocycles. The van der Waals surface area contributed by atoms with Gasteiger partial charge < -0.3 is 10.1 Å². The zero-order valence-corrected chi connectivity index (χ0v) is 12.6. The predicted molar refractivity (Wildman–Crippen MR) is 78.0 cm³/mol. The van der Waals surface area contributed by atoms with Crippen LogP contribution in [0.1, 0.15) is 35.3 Å². The number of amides is 3. The van der Waals surface area contributed by atoms with Crippen molar-refractivity contribution in [1.29, 1.82) is 0 Å². The van der Waals surface area contributed by atoms with Crippen LogP contribution in [0.2, 0.25) is 0 Å². The van der Waals surface area contributed by atoms with E-state index in [1.807, 2.05) is 19.1 Å². The van der Waals surface area contributed by atoms with Crippen LogP contribution < -0.4 is 10.6 Å². The quantitative estimate of drug-likeness (QED) is 0.827. The molecular weight excluding hydrogens is 272 g/mol. The zero-order chi connectivity index (χ0) is 16.0. The van der Waals surface area contributed by atoms with Gasteiger partial charge in [-0.2, -0.15) is 0 Å². The minimum absolute atomic E-state index is 0.399. The third kappa shape index (κ3) is 4.91. The summed E-state index contributed by atoms with van der Waals surface area (Å²) in [5.74, 6) is -1.26. The normalized spacial score (nSPS) is 11.4. The topological polar surface area (TPSA) is 84.5 Å². The van der Waals surface area contributed by atoms with Gasteiger partial charge in [0.05, 0.1) is 5.56 Å². The lowest BCUT2D eigenvalue weighted by Gasteiger charge is -2.14. The Hall–Kier alpha value is -2.37. The highest BCUT2D eigenvalue weighted by Crippen LogP contribution is 2.13. The number of carbonyl (C=O) groups is 3. The molecule has 0 fully saturated rings. The number of hydrogen-bond donors (Lipinski definition) is 2. The first-order valence-electron chi connectivity index (χ1n) is 6.72. The number of ether oxygens (including phenoxy) is 1. The number of urea groups is 1. The van der Waals surface area contributed by atoms with Crippen molar-refractivity contribution < 1.29 is 19.1 Å². The van der Waals surface area contributed by atoms with Gasteiger partial charge in [-0.1, -0.05) is 17.7 Å². The highest BCUT2D eigenvalue weighted by atomic mass is 16.5. The summed E-state index contributed by atoms with van der Waals surface area (Å²) in [5.41, 5.74) is 2.10. The van der Waals surface area contributed by atoms with Crippen molar-refractivity contribution in [2.75, 3.05) is 6.54 Å². The number of carbonyl (C=O) groups excluding carboxylic acids is 3. The molecule has 1 rings (SSSR count). The molecule has 3 amide bonds. The molecule has 0 aliphatic carbocycles. The number of rotatable bonds is 4. The molecule has 0 aliphatic heterocycles. The average molecular weight is 292 g/mol. The summed E-state index contributed by atoms with van der Waals surface area (Å²) < 4.78 is 5.08. The van der Waals surface area contributed by atoms with E-state index in [2.05, 4.69) is 10.6 Å². The average Bonchev–Trinajstić information content (AvgIpc) is 2.41. The van der Waals surface area contributed by atoms with Crippen LogP contribution in [0.25, 0.3) is 0 Å². The molecule has 0 spiro atoms. The van der Waals surface area contributed by atoms with Crippen molar-refractivity contribution in [3.8, 4) is 0 Å². The molecule has 6 heteroatoms. The molecule has 0 heterocycles. The third-order valence-corrected chi connectivity index (χ3v) is 2.84. The van der Waals surface area contributed by atoms with Gasteiger partial charge in [0.25, 0.3) is 5.91 Å².